The zero-order valence-electron chi connectivity index (χ0n) is 11.8. The summed E-state index contributed by atoms with van der Waals surface area (Å²) in [6.07, 6.45) is 2.16. The van der Waals surface area contributed by atoms with E-state index in [0.717, 1.165) is 6.26 Å². The summed E-state index contributed by atoms with van der Waals surface area (Å²) in [7, 11) is -3.19. The summed E-state index contributed by atoms with van der Waals surface area (Å²) in [5.41, 5.74) is 0. The van der Waals surface area contributed by atoms with Crippen LogP contribution in [0.4, 0.5) is 4.79 Å². The van der Waals surface area contributed by atoms with E-state index in [9.17, 15) is 18.0 Å². The molecule has 0 aromatic carbocycles. The smallest absolute Gasteiger partial charge is 0.314 e. The lowest BCUT2D eigenvalue weighted by molar-refractivity contribution is -0.137. The van der Waals surface area contributed by atoms with Crippen LogP contribution in [-0.4, -0.2) is 51.4 Å². The second-order valence-electron chi connectivity index (χ2n) is 4.69. The van der Waals surface area contributed by atoms with Gasteiger partial charge in [-0.05, 0) is 18.8 Å². The minimum atomic E-state index is -3.19. The Hall–Kier alpha value is -1.35. The number of urea groups is 1. The Morgan fingerprint density at radius 3 is 2.40 bits per heavy atom. The summed E-state index contributed by atoms with van der Waals surface area (Å²) in [6, 6.07) is -0.341. The molecule has 0 spiro atoms. The lowest BCUT2D eigenvalue weighted by Crippen LogP contribution is -2.39. The van der Waals surface area contributed by atoms with Crippen LogP contribution in [0.3, 0.4) is 0 Å². The molecule has 2 amide bonds. The number of amides is 2. The van der Waals surface area contributed by atoms with Crippen molar-refractivity contribution in [2.75, 3.05) is 25.9 Å². The van der Waals surface area contributed by atoms with Crippen LogP contribution in [0.25, 0.3) is 0 Å². The van der Waals surface area contributed by atoms with E-state index in [4.69, 9.17) is 5.11 Å². The highest BCUT2D eigenvalue weighted by Crippen LogP contribution is 2.03. The van der Waals surface area contributed by atoms with Gasteiger partial charge in [-0.1, -0.05) is 6.92 Å². The van der Waals surface area contributed by atoms with Crippen molar-refractivity contribution in [1.82, 2.24) is 15.4 Å². The Bertz CT molecular complexity index is 410. The molecular weight excluding hydrogens is 286 g/mol. The third-order valence-electron chi connectivity index (χ3n) is 2.47. The largest absolute Gasteiger partial charge is 0.481 e. The molecule has 0 rings (SSSR count). The topological polar surface area (TPSA) is 125 Å². The minimum Gasteiger partial charge on any atom is -0.481 e. The van der Waals surface area contributed by atoms with Crippen LogP contribution in [0, 0.1) is 5.92 Å². The summed E-state index contributed by atoms with van der Waals surface area (Å²) in [6.45, 7) is 2.89. The van der Waals surface area contributed by atoms with E-state index in [1.807, 2.05) is 6.92 Å². The Morgan fingerprint density at radius 1 is 1.20 bits per heavy atom. The van der Waals surface area contributed by atoms with Crippen LogP contribution in [0.15, 0.2) is 0 Å². The fourth-order valence-corrected chi connectivity index (χ4v) is 1.86. The van der Waals surface area contributed by atoms with Crippen LogP contribution in [0.2, 0.25) is 0 Å². The molecule has 1 atom stereocenters. The van der Waals surface area contributed by atoms with Crippen molar-refractivity contribution in [3.05, 3.63) is 0 Å². The van der Waals surface area contributed by atoms with E-state index < -0.39 is 16.0 Å². The van der Waals surface area contributed by atoms with Gasteiger partial charge in [-0.25, -0.2) is 17.9 Å². The first-order chi connectivity index (χ1) is 9.20. The molecule has 8 nitrogen and oxygen atoms in total. The van der Waals surface area contributed by atoms with Gasteiger partial charge in [0.25, 0.3) is 0 Å². The molecule has 1 unspecified atom stereocenters. The summed E-state index contributed by atoms with van der Waals surface area (Å²) >= 11 is 0. The molecule has 0 saturated heterocycles. The molecule has 118 valence electrons. The molecule has 0 heterocycles. The molecule has 20 heavy (non-hydrogen) atoms. The Morgan fingerprint density at radius 2 is 1.85 bits per heavy atom. The number of hydrogen-bond acceptors (Lipinski definition) is 4. The zero-order valence-corrected chi connectivity index (χ0v) is 12.6. The van der Waals surface area contributed by atoms with Crippen LogP contribution >= 0.6 is 0 Å². The summed E-state index contributed by atoms with van der Waals surface area (Å²) < 4.78 is 23.8. The predicted molar refractivity (Wildman–Crippen MR) is 74.9 cm³/mol. The molecule has 0 saturated carbocycles. The second kappa shape index (κ2) is 9.54. The van der Waals surface area contributed by atoms with Crippen molar-refractivity contribution < 1.29 is 23.1 Å². The van der Waals surface area contributed by atoms with Crippen LogP contribution < -0.4 is 15.4 Å². The lowest BCUT2D eigenvalue weighted by Gasteiger charge is -2.12. The van der Waals surface area contributed by atoms with Gasteiger partial charge in [0.1, 0.15) is 0 Å². The van der Waals surface area contributed by atoms with Gasteiger partial charge in [0.05, 0.1) is 6.26 Å². The van der Waals surface area contributed by atoms with E-state index in [1.54, 1.807) is 0 Å². The molecule has 0 bridgehead atoms. The van der Waals surface area contributed by atoms with Crippen molar-refractivity contribution >= 4 is 22.0 Å². The van der Waals surface area contributed by atoms with E-state index in [-0.39, 0.29) is 24.9 Å². The van der Waals surface area contributed by atoms with E-state index in [1.165, 1.54) is 0 Å². The third kappa shape index (κ3) is 13.1. The van der Waals surface area contributed by atoms with Crippen molar-refractivity contribution in [1.29, 1.82) is 0 Å². The normalized spacial score (nSPS) is 12.7. The fraction of sp³-hybridized carbons (Fsp3) is 0.818. The number of carboxylic acid groups (broad SMARTS) is 1. The van der Waals surface area contributed by atoms with Gasteiger partial charge in [-0.15, -0.1) is 0 Å². The Balaban J connectivity index is 3.56. The molecule has 0 aliphatic carbocycles. The van der Waals surface area contributed by atoms with Gasteiger partial charge in [-0.2, -0.15) is 0 Å². The van der Waals surface area contributed by atoms with Gasteiger partial charge in [0.2, 0.25) is 10.0 Å². The predicted octanol–water partition coefficient (Wildman–Crippen LogP) is -0.274. The lowest BCUT2D eigenvalue weighted by atomic mass is 10.1. The standard InChI is InChI=1S/C11H23N3O5S/c1-9(4-5-10(15)16)8-13-11(17)12-6-3-7-14-20(2,18)19/h9,14H,3-8H2,1-2H3,(H,15,16)(H2,12,13,17). The minimum absolute atomic E-state index is 0.0849. The van der Waals surface area contributed by atoms with Crippen LogP contribution in [0.5, 0.6) is 0 Å². The van der Waals surface area contributed by atoms with Gasteiger partial charge < -0.3 is 15.7 Å². The maximum absolute atomic E-state index is 11.4. The first-order valence-electron chi connectivity index (χ1n) is 6.39. The third-order valence-corrected chi connectivity index (χ3v) is 3.19. The summed E-state index contributed by atoms with van der Waals surface area (Å²) in [5.74, 6) is -0.761. The van der Waals surface area contributed by atoms with Gasteiger partial charge in [-0.3, -0.25) is 4.79 Å². The molecule has 0 aromatic heterocycles. The zero-order chi connectivity index (χ0) is 15.6. The van der Waals surface area contributed by atoms with Crippen LogP contribution in [-0.2, 0) is 14.8 Å². The Labute approximate surface area is 119 Å². The van der Waals surface area contributed by atoms with Gasteiger partial charge in [0, 0.05) is 26.1 Å². The van der Waals surface area contributed by atoms with Crippen molar-refractivity contribution in [2.24, 2.45) is 5.92 Å². The number of nitrogens with one attached hydrogen (secondary N) is 3. The van der Waals surface area contributed by atoms with E-state index in [2.05, 4.69) is 15.4 Å². The van der Waals surface area contributed by atoms with Gasteiger partial charge in [0.15, 0.2) is 0 Å². The molecule has 0 aliphatic rings. The SMILES string of the molecule is CC(CCC(=O)O)CNC(=O)NCCCNS(C)(=O)=O. The molecule has 0 fully saturated rings. The number of rotatable bonds is 10. The van der Waals surface area contributed by atoms with Crippen molar-refractivity contribution in [3.63, 3.8) is 0 Å². The highest BCUT2D eigenvalue weighted by molar-refractivity contribution is 7.88. The number of carbonyl (C=O) groups excluding carboxylic acids is 1. The maximum atomic E-state index is 11.4. The summed E-state index contributed by atoms with van der Waals surface area (Å²) in [4.78, 5) is 21.7. The number of carbonyl (C=O) groups is 2. The second-order valence-corrected chi connectivity index (χ2v) is 6.53. The van der Waals surface area contributed by atoms with Crippen molar-refractivity contribution in [2.45, 2.75) is 26.2 Å². The monoisotopic (exact) mass is 309 g/mol. The molecule has 0 aromatic rings. The Kier molecular flexibility index (Phi) is 8.89. The van der Waals surface area contributed by atoms with E-state index in [0.29, 0.717) is 25.9 Å². The molecule has 0 aliphatic heterocycles. The maximum Gasteiger partial charge on any atom is 0.314 e. The summed E-state index contributed by atoms with van der Waals surface area (Å²) in [5, 5.41) is 13.7. The average molecular weight is 309 g/mol. The fourth-order valence-electron chi connectivity index (χ4n) is 1.35. The quantitative estimate of drug-likeness (QED) is 0.413. The highest BCUT2D eigenvalue weighted by Gasteiger charge is 2.07. The van der Waals surface area contributed by atoms with Gasteiger partial charge >= 0.3 is 12.0 Å². The van der Waals surface area contributed by atoms with E-state index >= 15 is 0 Å². The molecule has 0 radical (unpaired) electrons. The highest BCUT2D eigenvalue weighted by atomic mass is 32.2. The molecule has 9 heteroatoms. The first kappa shape index (κ1) is 18.7. The number of carboxylic acids is 1. The average Bonchev–Trinajstić information content (AvgIpc) is 2.32. The first-order valence-corrected chi connectivity index (χ1v) is 8.28. The number of sulfonamides is 1. The van der Waals surface area contributed by atoms with Crippen molar-refractivity contribution in [3.8, 4) is 0 Å². The molecule has 4 N–H and O–H groups in total. The molecular formula is C11H23N3O5S. The number of hydrogen-bond donors (Lipinski definition) is 4. The van der Waals surface area contributed by atoms with Crippen LogP contribution in [0.1, 0.15) is 26.2 Å². The number of aliphatic carboxylic acids is 1.